The smallest absolute Gasteiger partial charge is 0.299 e. The van der Waals surface area contributed by atoms with Crippen molar-refractivity contribution in [2.75, 3.05) is 6.73 Å². The Morgan fingerprint density at radius 1 is 1.40 bits per heavy atom. The number of ether oxygens (including phenoxy) is 1. The third-order valence-electron chi connectivity index (χ3n) is 2.54. The van der Waals surface area contributed by atoms with Gasteiger partial charge in [-0.15, -0.1) is 0 Å². The van der Waals surface area contributed by atoms with Crippen LogP contribution in [0.15, 0.2) is 28.2 Å². The van der Waals surface area contributed by atoms with Crippen LogP contribution in [0.5, 0.6) is 0 Å². The average molecular weight is 200 g/mol. The van der Waals surface area contributed by atoms with Gasteiger partial charge in [-0.2, -0.15) is 0 Å². The second-order valence-corrected chi connectivity index (χ2v) is 3.50. The Morgan fingerprint density at radius 3 is 3.13 bits per heavy atom. The van der Waals surface area contributed by atoms with Gasteiger partial charge in [-0.25, -0.2) is 9.98 Å². The van der Waals surface area contributed by atoms with E-state index in [1.54, 1.807) is 0 Å². The highest BCUT2D eigenvalue weighted by Crippen LogP contribution is 2.11. The number of hydrogen-bond donors (Lipinski definition) is 0. The number of benzene rings is 1. The van der Waals surface area contributed by atoms with Gasteiger partial charge in [-0.3, -0.25) is 4.79 Å². The van der Waals surface area contributed by atoms with Crippen molar-refractivity contribution in [2.45, 2.75) is 6.92 Å². The molecule has 0 fully saturated rings. The van der Waals surface area contributed by atoms with Crippen LogP contribution in [-0.2, 0) is 9.53 Å². The Bertz CT molecular complexity index is 614. The predicted molar refractivity (Wildman–Crippen MR) is 53.8 cm³/mol. The van der Waals surface area contributed by atoms with Gasteiger partial charge in [0.15, 0.2) is 18.2 Å². The van der Waals surface area contributed by atoms with Gasteiger partial charge in [-0.05, 0) is 18.6 Å². The lowest BCUT2D eigenvalue weighted by Gasteiger charge is -2.06. The number of hydrogen-bond acceptors (Lipinski definition) is 3. The number of aryl methyl sites for hydroxylation is 1. The minimum absolute atomic E-state index is 0.222. The maximum absolute atomic E-state index is 11.6. The number of aliphatic imine (C=N–C) groups is 1. The standard InChI is InChI=1S/C11H8N2O2/c1-6-3-2-4-7-8(6)13-11(14)9-10(7)15-5-12-9/h2-4H,5H2,1H3. The van der Waals surface area contributed by atoms with Gasteiger partial charge in [0.05, 0.1) is 5.36 Å². The molecule has 0 bridgehead atoms. The molecule has 1 aromatic carbocycles. The highest BCUT2D eigenvalue weighted by Gasteiger charge is 2.26. The zero-order chi connectivity index (χ0) is 10.4. The number of carbonyl (C=O) groups excluding carboxylic acids is 1. The largest absolute Gasteiger partial charge is 0.468 e. The average Bonchev–Trinajstić information content (AvgIpc) is 2.69. The third-order valence-corrected chi connectivity index (χ3v) is 2.54. The van der Waals surface area contributed by atoms with Crippen LogP contribution in [0, 0.1) is 6.92 Å². The summed E-state index contributed by atoms with van der Waals surface area (Å²) in [6, 6.07) is 5.74. The number of para-hydroxylation sites is 1. The van der Waals surface area contributed by atoms with Gasteiger partial charge >= 0.3 is 0 Å². The molecule has 2 heterocycles. The Kier molecular flexibility index (Phi) is 1.54. The van der Waals surface area contributed by atoms with Crippen LogP contribution < -0.4 is 10.6 Å². The van der Waals surface area contributed by atoms with Gasteiger partial charge in [0.25, 0.3) is 5.91 Å². The van der Waals surface area contributed by atoms with E-state index in [-0.39, 0.29) is 12.6 Å². The lowest BCUT2D eigenvalue weighted by atomic mass is 10.1. The molecule has 1 aromatic rings. The Morgan fingerprint density at radius 2 is 2.27 bits per heavy atom. The number of fused-ring (bicyclic) bond motifs is 2. The molecule has 0 spiro atoms. The molecule has 4 heteroatoms. The number of amides is 1. The first kappa shape index (κ1) is 8.35. The van der Waals surface area contributed by atoms with E-state index >= 15 is 0 Å². The number of nitrogens with zero attached hydrogens (tertiary/aromatic N) is 2. The van der Waals surface area contributed by atoms with Gasteiger partial charge in [0, 0.05) is 5.22 Å². The summed E-state index contributed by atoms with van der Waals surface area (Å²) in [5.74, 6) is 0.276. The second-order valence-electron chi connectivity index (χ2n) is 3.50. The molecule has 0 aromatic heterocycles. The van der Waals surface area contributed by atoms with Crippen molar-refractivity contribution in [3.63, 3.8) is 0 Å². The molecule has 0 N–H and O–H groups in total. The molecular weight excluding hydrogens is 192 g/mol. The molecule has 15 heavy (non-hydrogen) atoms. The summed E-state index contributed by atoms with van der Waals surface area (Å²) in [7, 11) is 0. The van der Waals surface area contributed by atoms with Gasteiger partial charge in [-0.1, -0.05) is 12.1 Å². The van der Waals surface area contributed by atoms with Crippen LogP contribution in [0.3, 0.4) is 0 Å². The SMILES string of the molecule is Cc1cccc2c1=NC(=O)C1=NCOC=21. The van der Waals surface area contributed by atoms with Crippen molar-refractivity contribution in [3.05, 3.63) is 34.3 Å². The Balaban J connectivity index is 2.53. The molecule has 2 aliphatic rings. The minimum Gasteiger partial charge on any atom is -0.468 e. The monoisotopic (exact) mass is 200 g/mol. The van der Waals surface area contributed by atoms with E-state index < -0.39 is 0 Å². The number of rotatable bonds is 0. The van der Waals surface area contributed by atoms with Crippen molar-refractivity contribution < 1.29 is 9.53 Å². The summed E-state index contributed by atoms with van der Waals surface area (Å²) in [5.41, 5.74) is 1.33. The van der Waals surface area contributed by atoms with E-state index in [4.69, 9.17) is 4.74 Å². The molecule has 0 saturated heterocycles. The van der Waals surface area contributed by atoms with Crippen molar-refractivity contribution in [3.8, 4) is 0 Å². The molecule has 3 rings (SSSR count). The van der Waals surface area contributed by atoms with Gasteiger partial charge in [0.2, 0.25) is 0 Å². The molecule has 0 aliphatic carbocycles. The van der Waals surface area contributed by atoms with Gasteiger partial charge in [0.1, 0.15) is 0 Å². The molecule has 74 valence electrons. The lowest BCUT2D eigenvalue weighted by Crippen LogP contribution is -2.38. The fourth-order valence-electron chi connectivity index (χ4n) is 1.82. The molecule has 4 nitrogen and oxygen atoms in total. The predicted octanol–water partition coefficient (Wildman–Crippen LogP) is -0.308. The molecule has 1 amide bonds. The Hall–Kier alpha value is -1.97. The van der Waals surface area contributed by atoms with E-state index in [0.29, 0.717) is 16.8 Å². The van der Waals surface area contributed by atoms with Crippen LogP contribution in [0.25, 0.3) is 5.76 Å². The molecule has 2 aliphatic heterocycles. The second kappa shape index (κ2) is 2.76. The highest BCUT2D eigenvalue weighted by molar-refractivity contribution is 6.53. The quantitative estimate of drug-likeness (QED) is 0.577. The summed E-state index contributed by atoms with van der Waals surface area (Å²) < 4.78 is 5.34. The molecular formula is C11H8N2O2. The highest BCUT2D eigenvalue weighted by atomic mass is 16.5. The molecule has 0 atom stereocenters. The first-order chi connectivity index (χ1) is 7.27. The summed E-state index contributed by atoms with van der Waals surface area (Å²) >= 11 is 0. The van der Waals surface area contributed by atoms with Crippen LogP contribution in [0.4, 0.5) is 0 Å². The summed E-state index contributed by atoms with van der Waals surface area (Å²) in [5, 5.41) is 1.57. The Labute approximate surface area is 85.6 Å². The fraction of sp³-hybridized carbons (Fsp3) is 0.182. The van der Waals surface area contributed by atoms with Crippen molar-refractivity contribution in [1.82, 2.24) is 0 Å². The van der Waals surface area contributed by atoms with Crippen LogP contribution >= 0.6 is 0 Å². The van der Waals surface area contributed by atoms with E-state index in [9.17, 15) is 4.79 Å². The topological polar surface area (TPSA) is 51.0 Å². The number of carbonyl (C=O) groups is 1. The van der Waals surface area contributed by atoms with Crippen LogP contribution in [0.2, 0.25) is 0 Å². The van der Waals surface area contributed by atoms with Crippen LogP contribution in [0.1, 0.15) is 5.56 Å². The van der Waals surface area contributed by atoms with E-state index in [0.717, 1.165) is 10.8 Å². The minimum atomic E-state index is -0.302. The van der Waals surface area contributed by atoms with Crippen molar-refractivity contribution in [2.24, 2.45) is 9.98 Å². The van der Waals surface area contributed by atoms with Crippen molar-refractivity contribution >= 4 is 17.4 Å². The summed E-state index contributed by atoms with van der Waals surface area (Å²) in [6.45, 7) is 2.15. The zero-order valence-electron chi connectivity index (χ0n) is 8.15. The van der Waals surface area contributed by atoms with Crippen molar-refractivity contribution in [1.29, 1.82) is 0 Å². The van der Waals surface area contributed by atoms with Crippen LogP contribution in [-0.4, -0.2) is 18.3 Å². The van der Waals surface area contributed by atoms with E-state index in [2.05, 4.69) is 9.98 Å². The molecule has 0 radical (unpaired) electrons. The van der Waals surface area contributed by atoms with E-state index in [1.165, 1.54) is 0 Å². The lowest BCUT2D eigenvalue weighted by molar-refractivity contribution is -0.112. The maximum Gasteiger partial charge on any atom is 0.299 e. The fourth-order valence-corrected chi connectivity index (χ4v) is 1.82. The molecule has 0 unspecified atom stereocenters. The summed E-state index contributed by atoms with van der Waals surface area (Å²) in [6.07, 6.45) is 0. The zero-order valence-corrected chi connectivity index (χ0v) is 8.15. The molecule has 0 saturated carbocycles. The summed E-state index contributed by atoms with van der Waals surface area (Å²) in [4.78, 5) is 19.6. The first-order valence-corrected chi connectivity index (χ1v) is 4.68. The third kappa shape index (κ3) is 1.05. The first-order valence-electron chi connectivity index (χ1n) is 4.68. The normalized spacial score (nSPS) is 17.5. The van der Waals surface area contributed by atoms with E-state index in [1.807, 2.05) is 25.1 Å². The van der Waals surface area contributed by atoms with Gasteiger partial charge < -0.3 is 4.74 Å². The maximum atomic E-state index is 11.6.